The van der Waals surface area contributed by atoms with E-state index in [1.807, 2.05) is 5.32 Å². The molecule has 200 valence electrons. The molecule has 4 rings (SSSR count). The van der Waals surface area contributed by atoms with Crippen LogP contribution in [0.4, 0.5) is 35.0 Å². The fraction of sp³-hybridized carbons (Fsp3) is 0.280. The van der Waals surface area contributed by atoms with E-state index in [1.165, 1.54) is 17.0 Å². The lowest BCUT2D eigenvalue weighted by Crippen LogP contribution is -2.37. The largest absolute Gasteiger partial charge is 0.465 e. The average molecular weight is 532 g/mol. The number of carbonyl (C=O) groups is 3. The van der Waals surface area contributed by atoms with Gasteiger partial charge in [0.25, 0.3) is 0 Å². The molecule has 2 heterocycles. The van der Waals surface area contributed by atoms with E-state index in [0.29, 0.717) is 23.1 Å². The first-order valence-corrected chi connectivity index (χ1v) is 11.5. The van der Waals surface area contributed by atoms with Crippen LogP contribution in [0.1, 0.15) is 28.0 Å². The summed E-state index contributed by atoms with van der Waals surface area (Å²) >= 11 is 0. The molecule has 0 saturated carbocycles. The summed E-state index contributed by atoms with van der Waals surface area (Å²) in [6, 6.07) is 9.62. The lowest BCUT2D eigenvalue weighted by molar-refractivity contribution is -0.137. The van der Waals surface area contributed by atoms with Crippen molar-refractivity contribution in [3.63, 3.8) is 0 Å². The van der Waals surface area contributed by atoms with Gasteiger partial charge in [-0.25, -0.2) is 4.79 Å². The Labute approximate surface area is 214 Å². The second-order valence-corrected chi connectivity index (χ2v) is 8.50. The summed E-state index contributed by atoms with van der Waals surface area (Å²) in [7, 11) is 0. The van der Waals surface area contributed by atoms with E-state index in [9.17, 15) is 32.7 Å². The van der Waals surface area contributed by atoms with Crippen LogP contribution in [-0.4, -0.2) is 54.4 Å². The van der Waals surface area contributed by atoms with Crippen molar-refractivity contribution in [2.45, 2.75) is 19.5 Å². The number of carbonyl (C=O) groups excluding carboxylic acids is 2. The minimum atomic E-state index is -4.80. The molecule has 0 aliphatic carbocycles. The number of aryl methyl sites for hydroxylation is 1. The fourth-order valence-corrected chi connectivity index (χ4v) is 3.99. The number of ketones is 1. The number of hydrogen-bond acceptors (Lipinski definition) is 7. The molecule has 0 bridgehead atoms. The lowest BCUT2D eigenvalue weighted by atomic mass is 10.0. The van der Waals surface area contributed by atoms with E-state index in [4.69, 9.17) is 9.26 Å². The zero-order valence-electron chi connectivity index (χ0n) is 20.1. The standard InChI is InChI=1S/C25H23F3N4O6/c1-14-9-22(38-31-14)16-4-2-3-15(10-16)21(33)13-23(34)29-18-11-17(25(26,27)28)20(12-19(18)30-24(35)36)32-5-7-37-8-6-32/h2-4,9-12,30H,5-8,13H2,1H3,(H,29,34)(H,35,36). The van der Waals surface area contributed by atoms with Crippen molar-refractivity contribution in [2.24, 2.45) is 0 Å². The van der Waals surface area contributed by atoms with Crippen LogP contribution in [0.2, 0.25) is 0 Å². The Hall–Kier alpha value is -4.39. The Bertz CT molecular complexity index is 1370. The number of halogens is 3. The Kier molecular flexibility index (Phi) is 7.67. The predicted molar refractivity (Wildman–Crippen MR) is 130 cm³/mol. The zero-order valence-corrected chi connectivity index (χ0v) is 20.1. The summed E-state index contributed by atoms with van der Waals surface area (Å²) in [4.78, 5) is 38.2. The van der Waals surface area contributed by atoms with Gasteiger partial charge in [-0.1, -0.05) is 23.4 Å². The third-order valence-electron chi connectivity index (χ3n) is 5.73. The third kappa shape index (κ3) is 6.29. The van der Waals surface area contributed by atoms with Gasteiger partial charge in [0.1, 0.15) is 0 Å². The molecule has 13 heteroatoms. The first-order chi connectivity index (χ1) is 18.0. The van der Waals surface area contributed by atoms with Crippen molar-refractivity contribution in [1.29, 1.82) is 0 Å². The Morgan fingerprint density at radius 3 is 2.39 bits per heavy atom. The molecular formula is C25H23F3N4O6. The summed E-state index contributed by atoms with van der Waals surface area (Å²) in [5.74, 6) is -1.10. The highest BCUT2D eigenvalue weighted by Crippen LogP contribution is 2.42. The number of anilines is 3. The minimum absolute atomic E-state index is 0.169. The van der Waals surface area contributed by atoms with Crippen LogP contribution in [0.25, 0.3) is 11.3 Å². The molecule has 0 radical (unpaired) electrons. The first kappa shape index (κ1) is 26.7. The molecule has 0 atom stereocenters. The molecule has 0 spiro atoms. The topological polar surface area (TPSA) is 134 Å². The van der Waals surface area contributed by atoms with Crippen molar-refractivity contribution >= 4 is 34.8 Å². The molecule has 1 saturated heterocycles. The van der Waals surface area contributed by atoms with Gasteiger partial charge >= 0.3 is 12.3 Å². The molecule has 1 aromatic heterocycles. The molecule has 1 aliphatic rings. The number of aromatic nitrogens is 1. The van der Waals surface area contributed by atoms with Gasteiger partial charge in [0.2, 0.25) is 5.91 Å². The quantitative estimate of drug-likeness (QED) is 0.292. The molecule has 1 aliphatic heterocycles. The van der Waals surface area contributed by atoms with Crippen molar-refractivity contribution in [2.75, 3.05) is 41.8 Å². The number of alkyl halides is 3. The third-order valence-corrected chi connectivity index (χ3v) is 5.73. The Morgan fingerprint density at radius 1 is 1.05 bits per heavy atom. The summed E-state index contributed by atoms with van der Waals surface area (Å²) in [6.07, 6.45) is -7.04. The second kappa shape index (κ2) is 10.9. The molecule has 3 aromatic rings. The molecule has 38 heavy (non-hydrogen) atoms. The monoisotopic (exact) mass is 532 g/mol. The van der Waals surface area contributed by atoms with Gasteiger partial charge in [0.05, 0.1) is 48.0 Å². The number of nitrogens with zero attached hydrogens (tertiary/aromatic N) is 2. The maximum atomic E-state index is 14.0. The van der Waals surface area contributed by atoms with Gasteiger partial charge < -0.3 is 24.6 Å². The smallest absolute Gasteiger partial charge is 0.418 e. The van der Waals surface area contributed by atoms with Gasteiger partial charge in [-0.3, -0.25) is 14.9 Å². The second-order valence-electron chi connectivity index (χ2n) is 8.50. The molecule has 3 N–H and O–H groups in total. The van der Waals surface area contributed by atoms with Gasteiger partial charge in [0, 0.05) is 30.3 Å². The van der Waals surface area contributed by atoms with Crippen LogP contribution in [0.15, 0.2) is 47.0 Å². The fourth-order valence-electron chi connectivity index (χ4n) is 3.99. The number of ether oxygens (including phenoxy) is 1. The van der Waals surface area contributed by atoms with Crippen LogP contribution in [0.3, 0.4) is 0 Å². The number of benzene rings is 2. The highest BCUT2D eigenvalue weighted by atomic mass is 19.4. The number of amides is 2. The maximum Gasteiger partial charge on any atom is 0.418 e. The SMILES string of the molecule is Cc1cc(-c2cccc(C(=O)CC(=O)Nc3cc(C(F)(F)F)c(N4CCOCC4)cc3NC(=O)O)c2)on1. The summed E-state index contributed by atoms with van der Waals surface area (Å²) < 4.78 is 52.2. The van der Waals surface area contributed by atoms with Crippen molar-refractivity contribution in [1.82, 2.24) is 5.16 Å². The van der Waals surface area contributed by atoms with Crippen LogP contribution >= 0.6 is 0 Å². The minimum Gasteiger partial charge on any atom is -0.465 e. The van der Waals surface area contributed by atoms with Gasteiger partial charge in [-0.05, 0) is 25.1 Å². The van der Waals surface area contributed by atoms with E-state index < -0.39 is 41.6 Å². The first-order valence-electron chi connectivity index (χ1n) is 11.5. The van der Waals surface area contributed by atoms with Crippen molar-refractivity contribution in [3.05, 3.63) is 59.3 Å². The Balaban J connectivity index is 1.59. The van der Waals surface area contributed by atoms with E-state index in [2.05, 4.69) is 10.5 Å². The van der Waals surface area contributed by atoms with Crippen LogP contribution < -0.4 is 15.5 Å². The Morgan fingerprint density at radius 2 is 1.76 bits per heavy atom. The highest BCUT2D eigenvalue weighted by molar-refractivity contribution is 6.12. The number of hydrogen-bond donors (Lipinski definition) is 3. The zero-order chi connectivity index (χ0) is 27.4. The van der Waals surface area contributed by atoms with E-state index in [0.717, 1.165) is 6.07 Å². The van der Waals surface area contributed by atoms with Crippen LogP contribution in [-0.2, 0) is 15.7 Å². The molecule has 0 unspecified atom stereocenters. The van der Waals surface area contributed by atoms with Gasteiger partial charge in [0.15, 0.2) is 11.5 Å². The predicted octanol–water partition coefficient (Wildman–Crippen LogP) is 4.81. The lowest BCUT2D eigenvalue weighted by Gasteiger charge is -2.32. The van der Waals surface area contributed by atoms with E-state index >= 15 is 0 Å². The maximum absolute atomic E-state index is 14.0. The molecular weight excluding hydrogens is 509 g/mol. The van der Waals surface area contributed by atoms with Crippen LogP contribution in [0, 0.1) is 6.92 Å². The number of carboxylic acid groups (broad SMARTS) is 1. The molecule has 2 aromatic carbocycles. The van der Waals surface area contributed by atoms with Gasteiger partial charge in [-0.15, -0.1) is 0 Å². The average Bonchev–Trinajstić information content (AvgIpc) is 3.30. The number of nitrogens with one attached hydrogen (secondary N) is 2. The molecule has 1 fully saturated rings. The number of rotatable bonds is 7. The summed E-state index contributed by atoms with van der Waals surface area (Å²) in [6.45, 7) is 2.48. The van der Waals surface area contributed by atoms with Gasteiger partial charge in [-0.2, -0.15) is 13.2 Å². The van der Waals surface area contributed by atoms with E-state index in [-0.39, 0.29) is 43.2 Å². The molecule has 2 amide bonds. The summed E-state index contributed by atoms with van der Waals surface area (Å²) in [5, 5.41) is 17.3. The number of morpholine rings is 1. The number of Topliss-reactive ketones (excluding diaryl/α,β-unsaturated/α-hetero) is 1. The summed E-state index contributed by atoms with van der Waals surface area (Å²) in [5.41, 5.74) is -0.645. The van der Waals surface area contributed by atoms with Crippen molar-refractivity contribution < 1.29 is 41.9 Å². The van der Waals surface area contributed by atoms with E-state index in [1.54, 1.807) is 25.1 Å². The van der Waals surface area contributed by atoms with Crippen molar-refractivity contribution in [3.8, 4) is 11.3 Å². The normalized spacial score (nSPS) is 13.7. The molecule has 10 nitrogen and oxygen atoms in total. The highest BCUT2D eigenvalue weighted by Gasteiger charge is 2.37. The van der Waals surface area contributed by atoms with Crippen LogP contribution in [0.5, 0.6) is 0 Å².